The van der Waals surface area contributed by atoms with Gasteiger partial charge in [0.2, 0.25) is 11.8 Å². The fraction of sp³-hybridized carbons (Fsp3) is 0.833. The van der Waals surface area contributed by atoms with Crippen LogP contribution in [0.15, 0.2) is 0 Å². The summed E-state index contributed by atoms with van der Waals surface area (Å²) in [6, 6.07) is 0. The van der Waals surface area contributed by atoms with E-state index in [1.807, 2.05) is 0 Å². The number of carbonyl (C=O) groups is 2. The molecular weight excluding hydrogens is 190 g/mol. The van der Waals surface area contributed by atoms with Gasteiger partial charge in [0.15, 0.2) is 0 Å². The van der Waals surface area contributed by atoms with Crippen molar-refractivity contribution in [2.75, 3.05) is 0 Å². The first-order valence-corrected chi connectivity index (χ1v) is 6.11. The Morgan fingerprint density at radius 3 is 2.07 bits per heavy atom. The monoisotopic (exact) mass is 209 g/mol. The minimum atomic E-state index is -0.0768. The summed E-state index contributed by atoms with van der Waals surface area (Å²) in [6.45, 7) is 0. The lowest BCUT2D eigenvalue weighted by molar-refractivity contribution is -0.126. The summed E-state index contributed by atoms with van der Waals surface area (Å²) < 4.78 is 0. The Morgan fingerprint density at radius 2 is 1.53 bits per heavy atom. The first-order valence-electron chi connectivity index (χ1n) is 6.11. The van der Waals surface area contributed by atoms with E-state index in [1.54, 1.807) is 0 Å². The standard InChI is InChI=1S/C12H19NO2/c14-11-8-10(12(15)13-11)9-6-4-2-1-3-5-7-9/h9-10H,1-8H2,(H,13,14,15). The van der Waals surface area contributed by atoms with Crippen molar-refractivity contribution < 1.29 is 9.59 Å². The maximum absolute atomic E-state index is 11.6. The van der Waals surface area contributed by atoms with Gasteiger partial charge < -0.3 is 0 Å². The highest BCUT2D eigenvalue weighted by Crippen LogP contribution is 2.32. The Bertz CT molecular complexity index is 254. The molecule has 0 radical (unpaired) electrons. The number of rotatable bonds is 1. The van der Waals surface area contributed by atoms with E-state index in [-0.39, 0.29) is 17.7 Å². The normalized spacial score (nSPS) is 29.7. The maximum Gasteiger partial charge on any atom is 0.230 e. The molecule has 1 unspecified atom stereocenters. The van der Waals surface area contributed by atoms with Crippen molar-refractivity contribution in [3.8, 4) is 0 Å². The lowest BCUT2D eigenvalue weighted by Crippen LogP contribution is -2.26. The molecular formula is C12H19NO2. The van der Waals surface area contributed by atoms with Crippen LogP contribution in [-0.4, -0.2) is 11.8 Å². The Balaban J connectivity index is 1.95. The predicted molar refractivity (Wildman–Crippen MR) is 57.1 cm³/mol. The first-order chi connectivity index (χ1) is 7.27. The van der Waals surface area contributed by atoms with Crippen LogP contribution in [0.3, 0.4) is 0 Å². The molecule has 1 heterocycles. The quantitative estimate of drug-likeness (QED) is 0.671. The molecule has 2 aliphatic rings. The van der Waals surface area contributed by atoms with Crippen LogP contribution in [-0.2, 0) is 9.59 Å². The average Bonchev–Trinajstić information content (AvgIpc) is 2.45. The Labute approximate surface area is 90.6 Å². The molecule has 1 saturated heterocycles. The van der Waals surface area contributed by atoms with Crippen LogP contribution in [0.2, 0.25) is 0 Å². The molecule has 2 rings (SSSR count). The van der Waals surface area contributed by atoms with E-state index in [1.165, 1.54) is 32.1 Å². The lowest BCUT2D eigenvalue weighted by atomic mass is 9.81. The van der Waals surface area contributed by atoms with Crippen molar-refractivity contribution in [2.24, 2.45) is 11.8 Å². The highest BCUT2D eigenvalue weighted by molar-refractivity contribution is 6.03. The Kier molecular flexibility index (Phi) is 3.39. The van der Waals surface area contributed by atoms with E-state index >= 15 is 0 Å². The molecule has 3 heteroatoms. The van der Waals surface area contributed by atoms with Gasteiger partial charge in [-0.1, -0.05) is 32.1 Å². The van der Waals surface area contributed by atoms with Gasteiger partial charge in [0.1, 0.15) is 0 Å². The fourth-order valence-corrected chi connectivity index (χ4v) is 2.84. The molecule has 1 N–H and O–H groups in total. The van der Waals surface area contributed by atoms with Gasteiger partial charge >= 0.3 is 0 Å². The number of nitrogens with one attached hydrogen (secondary N) is 1. The van der Waals surface area contributed by atoms with Crippen LogP contribution < -0.4 is 5.32 Å². The third kappa shape index (κ3) is 2.58. The Hall–Kier alpha value is -0.860. The number of hydrogen-bond acceptors (Lipinski definition) is 2. The zero-order valence-electron chi connectivity index (χ0n) is 9.13. The SMILES string of the molecule is O=C1CC(C2CCCCCCC2)C(=O)N1. The molecule has 1 saturated carbocycles. The molecule has 0 aromatic carbocycles. The maximum atomic E-state index is 11.6. The van der Waals surface area contributed by atoms with Crippen LogP contribution in [0.1, 0.15) is 51.4 Å². The second-order valence-electron chi connectivity index (χ2n) is 4.83. The molecule has 2 fully saturated rings. The summed E-state index contributed by atoms with van der Waals surface area (Å²) in [7, 11) is 0. The molecule has 3 nitrogen and oxygen atoms in total. The third-order valence-corrected chi connectivity index (χ3v) is 3.72. The van der Waals surface area contributed by atoms with Gasteiger partial charge in [-0.25, -0.2) is 0 Å². The molecule has 1 aliphatic heterocycles. The van der Waals surface area contributed by atoms with Crippen molar-refractivity contribution in [1.29, 1.82) is 0 Å². The molecule has 1 atom stereocenters. The van der Waals surface area contributed by atoms with Crippen molar-refractivity contribution in [3.63, 3.8) is 0 Å². The molecule has 0 aromatic heterocycles. The Morgan fingerprint density at radius 1 is 0.933 bits per heavy atom. The van der Waals surface area contributed by atoms with Crippen LogP contribution >= 0.6 is 0 Å². The van der Waals surface area contributed by atoms with Crippen molar-refractivity contribution in [2.45, 2.75) is 51.4 Å². The van der Waals surface area contributed by atoms with Gasteiger partial charge in [0, 0.05) is 12.3 Å². The zero-order chi connectivity index (χ0) is 10.7. The van der Waals surface area contributed by atoms with Crippen LogP contribution in [0.4, 0.5) is 0 Å². The van der Waals surface area contributed by atoms with Crippen LogP contribution in [0.5, 0.6) is 0 Å². The molecule has 84 valence electrons. The lowest BCUT2D eigenvalue weighted by Gasteiger charge is -2.23. The van der Waals surface area contributed by atoms with Crippen molar-refractivity contribution in [1.82, 2.24) is 5.32 Å². The van der Waals surface area contributed by atoms with Gasteiger partial charge in [-0.05, 0) is 18.8 Å². The average molecular weight is 209 g/mol. The molecule has 0 aromatic rings. The summed E-state index contributed by atoms with van der Waals surface area (Å²) >= 11 is 0. The summed E-state index contributed by atoms with van der Waals surface area (Å²) in [5.41, 5.74) is 0. The molecule has 0 bridgehead atoms. The van der Waals surface area contributed by atoms with E-state index in [0.29, 0.717) is 12.3 Å². The highest BCUT2D eigenvalue weighted by Gasteiger charge is 2.36. The second-order valence-corrected chi connectivity index (χ2v) is 4.83. The van der Waals surface area contributed by atoms with E-state index in [0.717, 1.165) is 12.8 Å². The van der Waals surface area contributed by atoms with Crippen molar-refractivity contribution in [3.05, 3.63) is 0 Å². The number of amides is 2. The van der Waals surface area contributed by atoms with E-state index in [2.05, 4.69) is 5.32 Å². The van der Waals surface area contributed by atoms with Gasteiger partial charge in [-0.15, -0.1) is 0 Å². The van der Waals surface area contributed by atoms with Crippen LogP contribution in [0.25, 0.3) is 0 Å². The van der Waals surface area contributed by atoms with Gasteiger partial charge in [0.05, 0.1) is 0 Å². The van der Waals surface area contributed by atoms with E-state index in [4.69, 9.17) is 0 Å². The molecule has 2 amide bonds. The number of carbonyl (C=O) groups excluding carboxylic acids is 2. The topological polar surface area (TPSA) is 46.2 Å². The van der Waals surface area contributed by atoms with Gasteiger partial charge in [-0.2, -0.15) is 0 Å². The minimum absolute atomic E-state index is 0.0180. The van der Waals surface area contributed by atoms with Gasteiger partial charge in [-0.3, -0.25) is 14.9 Å². The smallest absolute Gasteiger partial charge is 0.230 e. The zero-order valence-corrected chi connectivity index (χ0v) is 9.13. The predicted octanol–water partition coefficient (Wildman–Crippen LogP) is 2.01. The largest absolute Gasteiger partial charge is 0.296 e. The summed E-state index contributed by atoms with van der Waals surface area (Å²) in [5, 5.41) is 2.42. The molecule has 15 heavy (non-hydrogen) atoms. The number of imide groups is 1. The molecule has 0 spiro atoms. The summed E-state index contributed by atoms with van der Waals surface area (Å²) in [5.74, 6) is 0.338. The molecule has 1 aliphatic carbocycles. The van der Waals surface area contributed by atoms with Gasteiger partial charge in [0.25, 0.3) is 0 Å². The summed E-state index contributed by atoms with van der Waals surface area (Å²) in [6.07, 6.45) is 9.06. The number of hydrogen-bond donors (Lipinski definition) is 1. The fourth-order valence-electron chi connectivity index (χ4n) is 2.84. The van der Waals surface area contributed by atoms with E-state index < -0.39 is 0 Å². The van der Waals surface area contributed by atoms with E-state index in [9.17, 15) is 9.59 Å². The van der Waals surface area contributed by atoms with Crippen LogP contribution in [0, 0.1) is 11.8 Å². The first kappa shape index (κ1) is 10.7. The minimum Gasteiger partial charge on any atom is -0.296 e. The highest BCUT2D eigenvalue weighted by atomic mass is 16.2. The summed E-state index contributed by atoms with van der Waals surface area (Å²) in [4.78, 5) is 22.7. The second kappa shape index (κ2) is 4.77. The third-order valence-electron chi connectivity index (χ3n) is 3.72. The van der Waals surface area contributed by atoms with Crippen molar-refractivity contribution >= 4 is 11.8 Å².